The summed E-state index contributed by atoms with van der Waals surface area (Å²) in [6.07, 6.45) is 2.71. The van der Waals surface area contributed by atoms with Gasteiger partial charge in [0, 0.05) is 19.1 Å². The van der Waals surface area contributed by atoms with Gasteiger partial charge in [0.15, 0.2) is 5.82 Å². The highest BCUT2D eigenvalue weighted by atomic mass is 32.2. The largest absolute Gasteiger partial charge is 0.450 e. The molecule has 1 fully saturated rings. The smallest absolute Gasteiger partial charge is 0.409 e. The summed E-state index contributed by atoms with van der Waals surface area (Å²) in [7, 11) is -3.38. The van der Waals surface area contributed by atoms with Crippen molar-refractivity contribution in [2.24, 2.45) is 0 Å². The highest BCUT2D eigenvalue weighted by Gasteiger charge is 2.23. The maximum atomic E-state index is 11.9. The summed E-state index contributed by atoms with van der Waals surface area (Å²) in [5.41, 5.74) is 0. The molecule has 0 atom stereocenters. The minimum absolute atomic E-state index is 0.0736. The molecule has 0 radical (unpaired) electrons. The van der Waals surface area contributed by atoms with Crippen LogP contribution in [0.1, 0.15) is 39.5 Å². The summed E-state index contributed by atoms with van der Waals surface area (Å²) in [6.45, 7) is 5.35. The van der Waals surface area contributed by atoms with Gasteiger partial charge in [0.1, 0.15) is 5.82 Å². The summed E-state index contributed by atoms with van der Waals surface area (Å²) < 4.78 is 31.1. The zero-order chi connectivity index (χ0) is 19.0. The number of amides is 1. The standard InChI is InChI=1S/C16H27N5O4S/c1-3-5-12-26(23,24)20-15-7-6-14(18-19-15)17-13-8-10-21(11-9-13)16(22)25-4-2/h6-7,13H,3-5,8-12H2,1-2H3,(H,17,18)(H,19,20). The quantitative estimate of drug-likeness (QED) is 0.704. The Balaban J connectivity index is 1.82. The number of anilines is 2. The topological polar surface area (TPSA) is 114 Å². The number of likely N-dealkylation sites (tertiary alicyclic amines) is 1. The van der Waals surface area contributed by atoms with Gasteiger partial charge in [0.25, 0.3) is 0 Å². The molecule has 2 heterocycles. The van der Waals surface area contributed by atoms with E-state index in [2.05, 4.69) is 20.2 Å². The Hall–Kier alpha value is -2.10. The van der Waals surface area contributed by atoms with Crippen LogP contribution in [0.3, 0.4) is 0 Å². The lowest BCUT2D eigenvalue weighted by Gasteiger charge is -2.31. The van der Waals surface area contributed by atoms with Gasteiger partial charge in [0.05, 0.1) is 12.4 Å². The summed E-state index contributed by atoms with van der Waals surface area (Å²) in [5, 5.41) is 11.2. The first-order valence-corrected chi connectivity index (χ1v) is 10.6. The molecule has 1 aliphatic rings. The molecule has 0 bridgehead atoms. The Labute approximate surface area is 154 Å². The summed E-state index contributed by atoms with van der Waals surface area (Å²) in [6, 6.07) is 3.47. The second-order valence-corrected chi connectivity index (χ2v) is 8.02. The molecule has 2 rings (SSSR count). The van der Waals surface area contributed by atoms with Crippen LogP contribution in [0.2, 0.25) is 0 Å². The average Bonchev–Trinajstić information content (AvgIpc) is 2.62. The van der Waals surface area contributed by atoms with Gasteiger partial charge in [-0.3, -0.25) is 4.72 Å². The van der Waals surface area contributed by atoms with E-state index in [1.807, 2.05) is 6.92 Å². The van der Waals surface area contributed by atoms with Crippen LogP contribution in [0, 0.1) is 0 Å². The minimum atomic E-state index is -3.38. The molecule has 1 amide bonds. The molecule has 0 saturated carbocycles. The molecule has 1 aromatic heterocycles. The van der Waals surface area contributed by atoms with Gasteiger partial charge in [-0.25, -0.2) is 13.2 Å². The second kappa shape index (κ2) is 9.56. The fourth-order valence-corrected chi connectivity index (χ4v) is 3.84. The predicted molar refractivity (Wildman–Crippen MR) is 99.6 cm³/mol. The lowest BCUT2D eigenvalue weighted by molar-refractivity contribution is 0.0983. The van der Waals surface area contributed by atoms with Crippen LogP contribution in [0.25, 0.3) is 0 Å². The first kappa shape index (κ1) is 20.2. The van der Waals surface area contributed by atoms with E-state index in [4.69, 9.17) is 4.74 Å². The highest BCUT2D eigenvalue weighted by Crippen LogP contribution is 2.16. The molecule has 1 aliphatic heterocycles. The molecular weight excluding hydrogens is 358 g/mol. The van der Waals surface area contributed by atoms with Gasteiger partial charge in [-0.05, 0) is 38.3 Å². The Bertz CT molecular complexity index is 672. The van der Waals surface area contributed by atoms with Crippen molar-refractivity contribution in [3.8, 4) is 0 Å². The number of carbonyl (C=O) groups excluding carboxylic acids is 1. The van der Waals surface area contributed by atoms with Gasteiger partial charge < -0.3 is 15.0 Å². The summed E-state index contributed by atoms with van der Waals surface area (Å²) >= 11 is 0. The van der Waals surface area contributed by atoms with Gasteiger partial charge in [-0.1, -0.05) is 13.3 Å². The minimum Gasteiger partial charge on any atom is -0.450 e. The molecule has 1 aromatic rings. The first-order chi connectivity index (χ1) is 12.4. The number of sulfonamides is 1. The zero-order valence-electron chi connectivity index (χ0n) is 15.3. The Kier molecular flexibility index (Phi) is 7.43. The van der Waals surface area contributed by atoms with E-state index in [-0.39, 0.29) is 23.7 Å². The highest BCUT2D eigenvalue weighted by molar-refractivity contribution is 7.92. The van der Waals surface area contributed by atoms with E-state index < -0.39 is 10.0 Å². The summed E-state index contributed by atoms with van der Waals surface area (Å²) in [4.78, 5) is 13.4. The maximum absolute atomic E-state index is 11.9. The predicted octanol–water partition coefficient (Wildman–Crippen LogP) is 2.05. The number of carbonyl (C=O) groups is 1. The number of hydrogen-bond acceptors (Lipinski definition) is 7. The molecule has 0 aromatic carbocycles. The molecule has 26 heavy (non-hydrogen) atoms. The summed E-state index contributed by atoms with van der Waals surface area (Å²) in [5.74, 6) is 0.865. The SMILES string of the molecule is CCCCS(=O)(=O)Nc1ccc(NC2CCN(C(=O)OCC)CC2)nn1. The number of piperidine rings is 1. The number of aromatic nitrogens is 2. The van der Waals surface area contributed by atoms with Crippen LogP contribution in [0.15, 0.2) is 12.1 Å². The number of unbranched alkanes of at least 4 members (excludes halogenated alkanes) is 1. The average molecular weight is 385 g/mol. The number of nitrogens with one attached hydrogen (secondary N) is 2. The third kappa shape index (κ3) is 6.32. The third-order valence-corrected chi connectivity index (χ3v) is 5.41. The van der Waals surface area contributed by atoms with Crippen LogP contribution in [-0.2, 0) is 14.8 Å². The normalized spacial score (nSPS) is 15.5. The zero-order valence-corrected chi connectivity index (χ0v) is 16.1. The van der Waals surface area contributed by atoms with E-state index in [0.29, 0.717) is 31.9 Å². The van der Waals surface area contributed by atoms with Crippen molar-refractivity contribution in [2.45, 2.75) is 45.6 Å². The lowest BCUT2D eigenvalue weighted by atomic mass is 10.1. The number of nitrogens with zero attached hydrogens (tertiary/aromatic N) is 3. The van der Waals surface area contributed by atoms with E-state index in [0.717, 1.165) is 19.3 Å². The van der Waals surface area contributed by atoms with Crippen LogP contribution < -0.4 is 10.0 Å². The van der Waals surface area contributed by atoms with E-state index in [1.165, 1.54) is 0 Å². The number of hydrogen-bond donors (Lipinski definition) is 2. The van der Waals surface area contributed by atoms with Crippen molar-refractivity contribution in [3.63, 3.8) is 0 Å². The first-order valence-electron chi connectivity index (χ1n) is 8.96. The van der Waals surface area contributed by atoms with Crippen molar-refractivity contribution < 1.29 is 17.9 Å². The third-order valence-electron chi connectivity index (χ3n) is 4.06. The molecule has 10 heteroatoms. The molecule has 0 unspecified atom stereocenters. The number of rotatable bonds is 8. The fraction of sp³-hybridized carbons (Fsp3) is 0.688. The fourth-order valence-electron chi connectivity index (χ4n) is 2.64. The second-order valence-electron chi connectivity index (χ2n) is 6.18. The van der Waals surface area contributed by atoms with Crippen LogP contribution >= 0.6 is 0 Å². The molecule has 1 saturated heterocycles. The molecule has 2 N–H and O–H groups in total. The van der Waals surface area contributed by atoms with E-state index >= 15 is 0 Å². The Morgan fingerprint density at radius 3 is 2.46 bits per heavy atom. The molecule has 0 spiro atoms. The molecular formula is C16H27N5O4S. The number of ether oxygens (including phenoxy) is 1. The van der Waals surface area contributed by atoms with Crippen LogP contribution in [-0.4, -0.2) is 61.1 Å². The van der Waals surface area contributed by atoms with Gasteiger partial charge >= 0.3 is 6.09 Å². The van der Waals surface area contributed by atoms with E-state index in [1.54, 1.807) is 24.0 Å². The lowest BCUT2D eigenvalue weighted by Crippen LogP contribution is -2.42. The van der Waals surface area contributed by atoms with Crippen molar-refractivity contribution in [1.29, 1.82) is 0 Å². The van der Waals surface area contributed by atoms with Crippen LogP contribution in [0.5, 0.6) is 0 Å². The van der Waals surface area contributed by atoms with Gasteiger partial charge in [0.2, 0.25) is 10.0 Å². The Morgan fingerprint density at radius 1 is 1.23 bits per heavy atom. The van der Waals surface area contributed by atoms with Crippen molar-refractivity contribution in [2.75, 3.05) is 35.5 Å². The van der Waals surface area contributed by atoms with Gasteiger partial charge in [-0.15, -0.1) is 10.2 Å². The van der Waals surface area contributed by atoms with E-state index in [9.17, 15) is 13.2 Å². The van der Waals surface area contributed by atoms with Crippen molar-refractivity contribution >= 4 is 27.8 Å². The maximum Gasteiger partial charge on any atom is 0.409 e. The molecule has 9 nitrogen and oxygen atoms in total. The van der Waals surface area contributed by atoms with Crippen molar-refractivity contribution in [1.82, 2.24) is 15.1 Å². The molecule has 146 valence electrons. The Morgan fingerprint density at radius 2 is 1.88 bits per heavy atom. The molecule has 0 aliphatic carbocycles. The van der Waals surface area contributed by atoms with Gasteiger partial charge in [-0.2, -0.15) is 0 Å². The van der Waals surface area contributed by atoms with Crippen LogP contribution in [0.4, 0.5) is 16.4 Å². The monoisotopic (exact) mass is 385 g/mol. The van der Waals surface area contributed by atoms with Crippen molar-refractivity contribution in [3.05, 3.63) is 12.1 Å².